The Kier molecular flexibility index (Phi) is 3.38. The summed E-state index contributed by atoms with van der Waals surface area (Å²) in [6.07, 6.45) is -4.88. The fourth-order valence-electron chi connectivity index (χ4n) is 1.15. The lowest BCUT2D eigenvalue weighted by Gasteiger charge is -2.07. The highest BCUT2D eigenvalue weighted by Crippen LogP contribution is 2.25. The quantitative estimate of drug-likeness (QED) is 0.762. The normalized spacial score (nSPS) is 11.8. The molecule has 15 heavy (non-hydrogen) atoms. The number of halogens is 4. The molecule has 3 nitrogen and oxygen atoms in total. The summed E-state index contributed by atoms with van der Waals surface area (Å²) < 4.78 is 37.1. The molecule has 0 saturated carbocycles. The van der Waals surface area contributed by atoms with Gasteiger partial charge in [0, 0.05) is 6.54 Å². The van der Waals surface area contributed by atoms with Crippen LogP contribution in [0.5, 0.6) is 0 Å². The van der Waals surface area contributed by atoms with Crippen molar-refractivity contribution in [2.45, 2.75) is 26.1 Å². The van der Waals surface area contributed by atoms with Crippen molar-refractivity contribution in [2.24, 2.45) is 0 Å². The highest BCUT2D eigenvalue weighted by molar-refractivity contribution is 6.33. The molecule has 0 aliphatic carbocycles. The van der Waals surface area contributed by atoms with Gasteiger partial charge < -0.3 is 0 Å². The van der Waals surface area contributed by atoms with Crippen LogP contribution in [-0.4, -0.2) is 21.7 Å². The van der Waals surface area contributed by atoms with E-state index in [4.69, 9.17) is 11.6 Å². The van der Waals surface area contributed by atoms with Gasteiger partial charge in [0.05, 0.1) is 11.2 Å². The van der Waals surface area contributed by atoms with E-state index >= 15 is 0 Å². The van der Waals surface area contributed by atoms with Crippen LogP contribution in [0.3, 0.4) is 0 Å². The average Bonchev–Trinajstić information content (AvgIpc) is 2.43. The van der Waals surface area contributed by atoms with Crippen molar-refractivity contribution in [1.29, 1.82) is 0 Å². The van der Waals surface area contributed by atoms with E-state index in [0.717, 1.165) is 10.9 Å². The molecule has 0 N–H and O–H groups in total. The molecule has 1 aromatic heterocycles. The third-order valence-electron chi connectivity index (χ3n) is 1.72. The van der Waals surface area contributed by atoms with E-state index < -0.39 is 18.4 Å². The minimum absolute atomic E-state index is 0.0499. The van der Waals surface area contributed by atoms with Gasteiger partial charge >= 0.3 is 6.18 Å². The number of nitrogens with zero attached hydrogens (tertiary/aromatic N) is 2. The summed E-state index contributed by atoms with van der Waals surface area (Å²) in [5, 5.41) is 3.63. The molecule has 1 aromatic rings. The van der Waals surface area contributed by atoms with Gasteiger partial charge in [0.25, 0.3) is 0 Å². The first-order chi connectivity index (χ1) is 6.85. The Morgan fingerprint density at radius 1 is 1.60 bits per heavy atom. The van der Waals surface area contributed by atoms with E-state index in [2.05, 4.69) is 5.10 Å². The van der Waals surface area contributed by atoms with Crippen molar-refractivity contribution in [3.05, 3.63) is 16.9 Å². The van der Waals surface area contributed by atoms with E-state index in [1.165, 1.54) is 0 Å². The van der Waals surface area contributed by atoms with Gasteiger partial charge in [-0.25, -0.2) is 0 Å². The first-order valence-corrected chi connectivity index (χ1v) is 4.54. The summed E-state index contributed by atoms with van der Waals surface area (Å²) in [6.45, 7) is 1.96. The maximum Gasteiger partial charge on any atom is 0.396 e. The van der Waals surface area contributed by atoms with Crippen LogP contribution in [0.25, 0.3) is 0 Å². The van der Waals surface area contributed by atoms with Gasteiger partial charge in [-0.2, -0.15) is 18.3 Å². The standard InChI is InChI=1S/C8H8ClF3N2O/c1-2-14-7(5(9)4-13-14)6(15)3-8(10,11)12/h4H,2-3H2,1H3. The first-order valence-electron chi connectivity index (χ1n) is 4.16. The Balaban J connectivity index is 2.95. The summed E-state index contributed by atoms with van der Waals surface area (Å²) >= 11 is 5.58. The molecule has 1 rings (SSSR count). The van der Waals surface area contributed by atoms with Crippen LogP contribution < -0.4 is 0 Å². The molecule has 84 valence electrons. The van der Waals surface area contributed by atoms with Crippen molar-refractivity contribution in [3.8, 4) is 0 Å². The maximum absolute atomic E-state index is 12.0. The third kappa shape index (κ3) is 2.95. The Bertz CT molecular complexity index is 372. The van der Waals surface area contributed by atoms with E-state index in [1.54, 1.807) is 6.92 Å². The highest BCUT2D eigenvalue weighted by atomic mass is 35.5. The maximum atomic E-state index is 12.0. The monoisotopic (exact) mass is 240 g/mol. The van der Waals surface area contributed by atoms with Crippen LogP contribution >= 0.6 is 11.6 Å². The number of hydrogen-bond acceptors (Lipinski definition) is 2. The van der Waals surface area contributed by atoms with Crippen LogP contribution in [0.15, 0.2) is 6.20 Å². The van der Waals surface area contributed by atoms with Crippen molar-refractivity contribution >= 4 is 17.4 Å². The highest BCUT2D eigenvalue weighted by Gasteiger charge is 2.33. The van der Waals surface area contributed by atoms with Gasteiger partial charge in [0.15, 0.2) is 5.78 Å². The lowest BCUT2D eigenvalue weighted by atomic mass is 10.2. The number of carbonyl (C=O) groups excluding carboxylic acids is 1. The smallest absolute Gasteiger partial charge is 0.292 e. The molecule has 7 heteroatoms. The summed E-state index contributed by atoms with van der Waals surface area (Å²) in [4.78, 5) is 11.3. The number of rotatable bonds is 3. The number of carbonyl (C=O) groups is 1. The third-order valence-corrected chi connectivity index (χ3v) is 2.00. The van der Waals surface area contributed by atoms with Crippen molar-refractivity contribution in [2.75, 3.05) is 0 Å². The Hall–Kier alpha value is -1.04. The zero-order chi connectivity index (χ0) is 11.6. The van der Waals surface area contributed by atoms with Gasteiger partial charge in [-0.05, 0) is 6.92 Å². The van der Waals surface area contributed by atoms with Crippen LogP contribution in [0.1, 0.15) is 23.8 Å². The number of alkyl halides is 3. The molecule has 0 saturated heterocycles. The summed E-state index contributed by atoms with van der Waals surface area (Å²) in [5.41, 5.74) is -0.184. The van der Waals surface area contributed by atoms with Gasteiger partial charge in [0.2, 0.25) is 0 Å². The first kappa shape index (κ1) is 12.0. The van der Waals surface area contributed by atoms with Crippen LogP contribution in [0.2, 0.25) is 5.02 Å². The van der Waals surface area contributed by atoms with Crippen molar-refractivity contribution in [3.63, 3.8) is 0 Å². The lowest BCUT2D eigenvalue weighted by Crippen LogP contribution is -2.18. The molecule has 0 aliphatic heterocycles. The van der Waals surface area contributed by atoms with Gasteiger partial charge in [-0.3, -0.25) is 9.48 Å². The van der Waals surface area contributed by atoms with E-state index in [0.29, 0.717) is 6.54 Å². The lowest BCUT2D eigenvalue weighted by molar-refractivity contribution is -0.125. The minimum Gasteiger partial charge on any atom is -0.292 e. The van der Waals surface area contributed by atoms with Gasteiger partial charge in [0.1, 0.15) is 12.1 Å². The van der Waals surface area contributed by atoms with Crippen LogP contribution in [0.4, 0.5) is 13.2 Å². The van der Waals surface area contributed by atoms with Gasteiger partial charge in [-0.15, -0.1) is 0 Å². The molecule has 0 atom stereocenters. The van der Waals surface area contributed by atoms with Crippen molar-refractivity contribution < 1.29 is 18.0 Å². The SMILES string of the molecule is CCn1ncc(Cl)c1C(=O)CC(F)(F)F. The number of aromatic nitrogens is 2. The second-order valence-electron chi connectivity index (χ2n) is 2.87. The van der Waals surface area contributed by atoms with Crippen LogP contribution in [0, 0.1) is 0 Å². The fraction of sp³-hybridized carbons (Fsp3) is 0.500. The number of Topliss-reactive ketones (excluding diaryl/α,β-unsaturated/α-hetero) is 1. The second-order valence-corrected chi connectivity index (χ2v) is 3.28. The predicted octanol–water partition coefficient (Wildman–Crippen LogP) is 2.69. The number of hydrogen-bond donors (Lipinski definition) is 0. The summed E-state index contributed by atoms with van der Waals surface area (Å²) in [5.74, 6) is -1.06. The summed E-state index contributed by atoms with van der Waals surface area (Å²) in [7, 11) is 0. The molecule has 0 amide bonds. The molecule has 0 aromatic carbocycles. The Morgan fingerprint density at radius 2 is 2.20 bits per heavy atom. The largest absolute Gasteiger partial charge is 0.396 e. The van der Waals surface area contributed by atoms with Crippen molar-refractivity contribution in [1.82, 2.24) is 9.78 Å². The predicted molar refractivity (Wildman–Crippen MR) is 47.9 cm³/mol. The minimum atomic E-state index is -4.52. The molecule has 0 fully saturated rings. The number of aryl methyl sites for hydroxylation is 1. The molecule has 0 aliphatic rings. The fourth-order valence-corrected chi connectivity index (χ4v) is 1.39. The van der Waals surface area contributed by atoms with Gasteiger partial charge in [-0.1, -0.05) is 11.6 Å². The molecule has 0 spiro atoms. The zero-order valence-corrected chi connectivity index (χ0v) is 8.56. The Labute approximate surface area is 88.8 Å². The van der Waals surface area contributed by atoms with E-state index in [1.807, 2.05) is 0 Å². The Morgan fingerprint density at radius 3 is 2.67 bits per heavy atom. The molecule has 0 bridgehead atoms. The van der Waals surface area contributed by atoms with E-state index in [9.17, 15) is 18.0 Å². The molecule has 1 heterocycles. The van der Waals surface area contributed by atoms with Crippen LogP contribution in [-0.2, 0) is 6.54 Å². The molecular formula is C8H8ClF3N2O. The summed E-state index contributed by atoms with van der Waals surface area (Å²) in [6, 6.07) is 0. The number of ketones is 1. The molecular weight excluding hydrogens is 233 g/mol. The molecule has 0 unspecified atom stereocenters. The topological polar surface area (TPSA) is 34.9 Å². The average molecular weight is 241 g/mol. The zero-order valence-electron chi connectivity index (χ0n) is 7.81. The molecule has 0 radical (unpaired) electrons. The van der Waals surface area contributed by atoms with E-state index in [-0.39, 0.29) is 10.7 Å². The second kappa shape index (κ2) is 4.22.